The minimum Gasteiger partial charge on any atom is -0.462 e. The molecule has 0 radical (unpaired) electrons. The Labute approximate surface area is 562 Å². The number of esters is 4. The number of rotatable bonds is 72. The van der Waals surface area contributed by atoms with Gasteiger partial charge in [0.15, 0.2) is 12.2 Å². The Balaban J connectivity index is 5.16. The van der Waals surface area contributed by atoms with Crippen LogP contribution in [0.4, 0.5) is 0 Å². The number of hydrogen-bond donors (Lipinski definition) is 3. The van der Waals surface area contributed by atoms with Crippen molar-refractivity contribution in [3.63, 3.8) is 0 Å². The molecule has 0 saturated carbocycles. The lowest BCUT2D eigenvalue weighted by atomic mass is 10.0. The van der Waals surface area contributed by atoms with E-state index in [2.05, 4.69) is 41.5 Å². The highest BCUT2D eigenvalue weighted by Crippen LogP contribution is 2.45. The zero-order chi connectivity index (χ0) is 67.9. The molecule has 0 amide bonds. The summed E-state index contributed by atoms with van der Waals surface area (Å²) in [5, 5.41) is 10.6. The summed E-state index contributed by atoms with van der Waals surface area (Å²) in [6, 6.07) is 0. The summed E-state index contributed by atoms with van der Waals surface area (Å²) >= 11 is 0. The third-order valence-corrected chi connectivity index (χ3v) is 18.9. The monoisotopic (exact) mass is 1350 g/mol. The summed E-state index contributed by atoms with van der Waals surface area (Å²) in [4.78, 5) is 72.5. The summed E-state index contributed by atoms with van der Waals surface area (Å²) < 4.78 is 68.3. The Bertz CT molecular complexity index is 1790. The molecule has 546 valence electrons. The zero-order valence-electron chi connectivity index (χ0n) is 59.9. The highest BCUT2D eigenvalue weighted by molar-refractivity contribution is 7.47. The Morgan fingerprint density at radius 3 is 0.739 bits per heavy atom. The molecular weight excluding hydrogens is 1210 g/mol. The summed E-state index contributed by atoms with van der Waals surface area (Å²) in [5.74, 6) is -0.575. The Morgan fingerprint density at radius 2 is 0.500 bits per heavy atom. The molecule has 0 spiro atoms. The largest absolute Gasteiger partial charge is 0.472 e. The van der Waals surface area contributed by atoms with E-state index in [1.807, 2.05) is 0 Å². The van der Waals surface area contributed by atoms with Gasteiger partial charge in [0.05, 0.1) is 26.4 Å². The molecule has 0 heterocycles. The molecule has 0 aliphatic heterocycles. The first-order valence-corrected chi connectivity index (χ1v) is 41.0. The molecule has 5 atom stereocenters. The predicted molar refractivity (Wildman–Crippen MR) is 372 cm³/mol. The molecule has 17 nitrogen and oxygen atoms in total. The summed E-state index contributed by atoms with van der Waals surface area (Å²) in [7, 11) is -9.90. The highest BCUT2D eigenvalue weighted by Gasteiger charge is 2.30. The van der Waals surface area contributed by atoms with Crippen molar-refractivity contribution in [3.8, 4) is 0 Å². The fourth-order valence-electron chi connectivity index (χ4n) is 11.1. The maximum Gasteiger partial charge on any atom is 0.472 e. The first-order valence-electron chi connectivity index (χ1n) is 38.0. The van der Waals surface area contributed by atoms with Crippen molar-refractivity contribution < 1.29 is 80.2 Å². The molecule has 0 aromatic carbocycles. The lowest BCUT2D eigenvalue weighted by molar-refractivity contribution is -0.161. The van der Waals surface area contributed by atoms with Crippen molar-refractivity contribution >= 4 is 39.5 Å². The van der Waals surface area contributed by atoms with E-state index >= 15 is 0 Å². The number of ether oxygens (including phenoxy) is 4. The molecule has 0 aromatic heterocycles. The van der Waals surface area contributed by atoms with E-state index in [-0.39, 0.29) is 25.7 Å². The molecule has 0 aliphatic carbocycles. The van der Waals surface area contributed by atoms with E-state index in [1.165, 1.54) is 193 Å². The smallest absolute Gasteiger partial charge is 0.462 e. The van der Waals surface area contributed by atoms with Gasteiger partial charge in [0, 0.05) is 25.7 Å². The Hall–Kier alpha value is -1.94. The first-order chi connectivity index (χ1) is 44.4. The minimum atomic E-state index is -4.95. The van der Waals surface area contributed by atoms with E-state index in [9.17, 15) is 43.2 Å². The molecule has 0 fully saturated rings. The maximum atomic E-state index is 13.0. The predicted octanol–water partition coefficient (Wildman–Crippen LogP) is 21.2. The van der Waals surface area contributed by atoms with Gasteiger partial charge in [0.25, 0.3) is 0 Å². The van der Waals surface area contributed by atoms with Crippen LogP contribution in [0.15, 0.2) is 0 Å². The molecule has 0 bridgehead atoms. The maximum absolute atomic E-state index is 13.0. The van der Waals surface area contributed by atoms with Gasteiger partial charge in [-0.3, -0.25) is 37.3 Å². The van der Waals surface area contributed by atoms with Crippen molar-refractivity contribution in [2.45, 2.75) is 394 Å². The lowest BCUT2D eigenvalue weighted by Crippen LogP contribution is -2.30. The molecule has 0 aromatic rings. The molecule has 2 unspecified atom stereocenters. The van der Waals surface area contributed by atoms with Gasteiger partial charge in [-0.05, 0) is 37.5 Å². The normalized spacial score (nSPS) is 14.1. The number of carbonyl (C=O) groups is 4. The standard InChI is InChI=1S/C73H142O17P2/c1-7-9-11-13-15-17-30-37-43-49-55-70(75)83-61-68(89-72(77)57-51-45-39-31-18-16-14-12-10-8-2)63-87-91(79,80)85-59-67(74)60-86-92(81,82)88-64-69(62-84-71(76)56-50-44-38-34-33-36-42-48-54-66(5)6)90-73(78)58-52-46-40-32-28-26-24-22-20-19-21-23-25-27-29-35-41-47-53-65(3)4/h65-69,74H,7-64H2,1-6H3,(H,79,80)(H,81,82)/t67-,68+,69+/m0/s1. The van der Waals surface area contributed by atoms with Gasteiger partial charge >= 0.3 is 39.5 Å². The van der Waals surface area contributed by atoms with E-state index < -0.39 is 97.5 Å². The summed E-state index contributed by atoms with van der Waals surface area (Å²) in [5.41, 5.74) is 0. The van der Waals surface area contributed by atoms with E-state index in [4.69, 9.17) is 37.0 Å². The average molecular weight is 1350 g/mol. The number of aliphatic hydroxyl groups is 1. The third kappa shape index (κ3) is 66.7. The SMILES string of the molecule is CCCCCCCCCCCCC(=O)OC[C@H](COP(=O)(O)OC[C@H](O)COP(=O)(O)OC[C@@H](COC(=O)CCCCCCCCCCC(C)C)OC(=O)CCCCCCCCCCCCCCCCCCCCC(C)C)OC(=O)CCCCCCCCCCCC. The van der Waals surface area contributed by atoms with E-state index in [0.717, 1.165) is 102 Å². The fourth-order valence-corrected chi connectivity index (χ4v) is 12.7. The van der Waals surface area contributed by atoms with Crippen LogP contribution in [0.25, 0.3) is 0 Å². The quantitative estimate of drug-likeness (QED) is 0.0222. The molecule has 3 N–H and O–H groups in total. The zero-order valence-corrected chi connectivity index (χ0v) is 61.6. The van der Waals surface area contributed by atoms with Crippen LogP contribution in [0.2, 0.25) is 0 Å². The van der Waals surface area contributed by atoms with E-state index in [1.54, 1.807) is 0 Å². The Kier molecular flexibility index (Phi) is 63.7. The van der Waals surface area contributed by atoms with Crippen LogP contribution in [0.5, 0.6) is 0 Å². The van der Waals surface area contributed by atoms with Gasteiger partial charge in [0.1, 0.15) is 19.3 Å². The summed E-state index contributed by atoms with van der Waals surface area (Å²) in [6.07, 6.45) is 51.4. The second kappa shape index (κ2) is 65.0. The number of unbranched alkanes of at least 4 members (excludes halogenated alkanes) is 42. The van der Waals surface area contributed by atoms with E-state index in [0.29, 0.717) is 25.7 Å². The van der Waals surface area contributed by atoms with Crippen molar-refractivity contribution in [2.75, 3.05) is 39.6 Å². The van der Waals surface area contributed by atoms with Crippen LogP contribution >= 0.6 is 15.6 Å². The fraction of sp³-hybridized carbons (Fsp3) is 0.945. The second-order valence-corrected chi connectivity index (χ2v) is 30.2. The summed E-state index contributed by atoms with van der Waals surface area (Å²) in [6.45, 7) is 9.55. The number of carbonyl (C=O) groups excluding carboxylic acids is 4. The number of hydrogen-bond acceptors (Lipinski definition) is 15. The van der Waals surface area contributed by atoms with Crippen LogP contribution in [0.1, 0.15) is 375 Å². The Morgan fingerprint density at radius 1 is 0.293 bits per heavy atom. The van der Waals surface area contributed by atoms with Gasteiger partial charge in [-0.2, -0.15) is 0 Å². The van der Waals surface area contributed by atoms with Crippen molar-refractivity contribution in [2.24, 2.45) is 11.8 Å². The lowest BCUT2D eigenvalue weighted by Gasteiger charge is -2.21. The number of phosphoric ester groups is 2. The molecule has 0 saturated heterocycles. The topological polar surface area (TPSA) is 237 Å². The van der Waals surface area contributed by atoms with Crippen molar-refractivity contribution in [1.29, 1.82) is 0 Å². The molecule has 0 aliphatic rings. The second-order valence-electron chi connectivity index (χ2n) is 27.3. The van der Waals surface area contributed by atoms with Crippen molar-refractivity contribution in [1.82, 2.24) is 0 Å². The van der Waals surface area contributed by atoms with Crippen LogP contribution in [-0.2, 0) is 65.4 Å². The van der Waals surface area contributed by atoms with Gasteiger partial charge in [0.2, 0.25) is 0 Å². The number of aliphatic hydroxyl groups excluding tert-OH is 1. The molecule has 19 heteroatoms. The average Bonchev–Trinajstić information content (AvgIpc) is 1.50. The van der Waals surface area contributed by atoms with Crippen LogP contribution in [0.3, 0.4) is 0 Å². The number of phosphoric acid groups is 2. The van der Waals surface area contributed by atoms with Crippen LogP contribution < -0.4 is 0 Å². The first kappa shape index (κ1) is 90.1. The van der Waals surface area contributed by atoms with Gasteiger partial charge in [-0.15, -0.1) is 0 Å². The van der Waals surface area contributed by atoms with Gasteiger partial charge in [-0.1, -0.05) is 324 Å². The van der Waals surface area contributed by atoms with Gasteiger partial charge < -0.3 is 33.8 Å². The van der Waals surface area contributed by atoms with Gasteiger partial charge in [-0.25, -0.2) is 9.13 Å². The highest BCUT2D eigenvalue weighted by atomic mass is 31.2. The van der Waals surface area contributed by atoms with Crippen LogP contribution in [-0.4, -0.2) is 96.7 Å². The molecule has 0 rings (SSSR count). The minimum absolute atomic E-state index is 0.106. The third-order valence-electron chi connectivity index (χ3n) is 17.0. The van der Waals surface area contributed by atoms with Crippen LogP contribution in [0, 0.1) is 11.8 Å². The molecular formula is C73H142O17P2. The molecule has 92 heavy (non-hydrogen) atoms. The van der Waals surface area contributed by atoms with Crippen molar-refractivity contribution in [3.05, 3.63) is 0 Å².